The van der Waals surface area contributed by atoms with Crippen molar-refractivity contribution in [1.82, 2.24) is 14.9 Å². The molecule has 0 bridgehead atoms. The first-order valence-corrected chi connectivity index (χ1v) is 10.5. The summed E-state index contributed by atoms with van der Waals surface area (Å²) in [5.74, 6) is -0.943. The number of carbonyl (C=O) groups excluding carboxylic acids is 2. The molecule has 8 nitrogen and oxygen atoms in total. The second kappa shape index (κ2) is 7.82. The van der Waals surface area contributed by atoms with Gasteiger partial charge in [0, 0.05) is 19.2 Å². The van der Waals surface area contributed by atoms with Gasteiger partial charge in [-0.3, -0.25) is 9.69 Å². The Hall–Kier alpha value is -2.34. The predicted octanol–water partition coefficient (Wildman–Crippen LogP) is 2.12. The summed E-state index contributed by atoms with van der Waals surface area (Å²) >= 11 is 0. The molecule has 2 N–H and O–H groups in total. The van der Waals surface area contributed by atoms with E-state index in [0.29, 0.717) is 12.8 Å². The Morgan fingerprint density at radius 1 is 1.21 bits per heavy atom. The van der Waals surface area contributed by atoms with Crippen LogP contribution in [0.15, 0.2) is 29.2 Å². The van der Waals surface area contributed by atoms with Gasteiger partial charge in [0.15, 0.2) is 0 Å². The van der Waals surface area contributed by atoms with E-state index in [4.69, 9.17) is 0 Å². The minimum Gasteiger partial charge on any atom is -0.406 e. The number of ether oxygens (including phenoxy) is 1. The molecule has 3 rings (SSSR count). The standard InChI is InChI=1S/C17H20F3N3O5S/c18-17(19,20)28-12-5-3-6-13(11-12)29(26,27)21-9-4-10-23-14(24)16(22-15(23)25)7-1-2-8-16/h3,5-6,11,21H,1-2,4,7-10H2,(H,22,25). The molecule has 1 saturated heterocycles. The third kappa shape index (κ3) is 4.81. The second-order valence-electron chi connectivity index (χ2n) is 6.95. The van der Waals surface area contributed by atoms with Crippen molar-refractivity contribution in [3.05, 3.63) is 24.3 Å². The van der Waals surface area contributed by atoms with Crippen LogP contribution in [0.4, 0.5) is 18.0 Å². The lowest BCUT2D eigenvalue weighted by atomic mass is 9.98. The van der Waals surface area contributed by atoms with Gasteiger partial charge in [0.1, 0.15) is 11.3 Å². The van der Waals surface area contributed by atoms with Gasteiger partial charge in [0.2, 0.25) is 10.0 Å². The summed E-state index contributed by atoms with van der Waals surface area (Å²) in [6.07, 6.45) is -1.87. The van der Waals surface area contributed by atoms with Gasteiger partial charge in [-0.2, -0.15) is 0 Å². The Bertz CT molecular complexity index is 898. The van der Waals surface area contributed by atoms with Crippen LogP contribution in [0.25, 0.3) is 0 Å². The van der Waals surface area contributed by atoms with Gasteiger partial charge < -0.3 is 10.1 Å². The Balaban J connectivity index is 1.54. The molecular formula is C17H20F3N3O5S. The van der Waals surface area contributed by atoms with Gasteiger partial charge in [0.25, 0.3) is 5.91 Å². The minimum atomic E-state index is -4.94. The van der Waals surface area contributed by atoms with Crippen molar-refractivity contribution in [2.45, 2.75) is 48.9 Å². The highest BCUT2D eigenvalue weighted by molar-refractivity contribution is 7.89. The quantitative estimate of drug-likeness (QED) is 0.504. The zero-order valence-electron chi connectivity index (χ0n) is 15.3. The van der Waals surface area contributed by atoms with Crippen molar-refractivity contribution in [3.8, 4) is 5.75 Å². The molecule has 1 heterocycles. The fourth-order valence-electron chi connectivity index (χ4n) is 3.56. The summed E-state index contributed by atoms with van der Waals surface area (Å²) in [7, 11) is -4.08. The van der Waals surface area contributed by atoms with Gasteiger partial charge in [-0.25, -0.2) is 17.9 Å². The number of rotatable bonds is 7. The molecule has 1 spiro atoms. The largest absolute Gasteiger partial charge is 0.573 e. The first-order valence-electron chi connectivity index (χ1n) is 9.02. The number of sulfonamides is 1. The van der Waals surface area contributed by atoms with E-state index in [9.17, 15) is 31.2 Å². The summed E-state index contributed by atoms with van der Waals surface area (Å²) in [5.41, 5.74) is -0.824. The van der Waals surface area contributed by atoms with Crippen LogP contribution in [0.5, 0.6) is 5.75 Å². The first kappa shape index (κ1) is 21.4. The summed E-state index contributed by atoms with van der Waals surface area (Å²) in [4.78, 5) is 25.3. The monoisotopic (exact) mass is 435 g/mol. The maximum absolute atomic E-state index is 12.5. The van der Waals surface area contributed by atoms with Crippen LogP contribution in [-0.2, 0) is 14.8 Å². The molecule has 0 unspecified atom stereocenters. The number of alkyl halides is 3. The molecule has 2 fully saturated rings. The van der Waals surface area contributed by atoms with E-state index < -0.39 is 33.7 Å². The summed E-state index contributed by atoms with van der Waals surface area (Å²) in [6, 6.07) is 3.52. The van der Waals surface area contributed by atoms with Crippen molar-refractivity contribution in [1.29, 1.82) is 0 Å². The number of imide groups is 1. The van der Waals surface area contributed by atoms with Gasteiger partial charge in [-0.15, -0.1) is 13.2 Å². The zero-order chi connectivity index (χ0) is 21.3. The van der Waals surface area contributed by atoms with E-state index >= 15 is 0 Å². The molecule has 2 aliphatic rings. The van der Waals surface area contributed by atoms with Crippen molar-refractivity contribution in [2.24, 2.45) is 0 Å². The number of nitrogens with one attached hydrogen (secondary N) is 2. The number of urea groups is 1. The van der Waals surface area contributed by atoms with Crippen molar-refractivity contribution >= 4 is 22.0 Å². The number of nitrogens with zero attached hydrogens (tertiary/aromatic N) is 1. The van der Waals surface area contributed by atoms with Gasteiger partial charge in [0.05, 0.1) is 4.90 Å². The number of amides is 3. The van der Waals surface area contributed by atoms with Crippen LogP contribution in [0.1, 0.15) is 32.1 Å². The Labute approximate surface area is 165 Å². The van der Waals surface area contributed by atoms with Crippen LogP contribution in [0.3, 0.4) is 0 Å². The topological polar surface area (TPSA) is 105 Å². The highest BCUT2D eigenvalue weighted by Crippen LogP contribution is 2.35. The van der Waals surface area contributed by atoms with Crippen LogP contribution < -0.4 is 14.8 Å². The second-order valence-corrected chi connectivity index (χ2v) is 8.72. The Morgan fingerprint density at radius 2 is 1.90 bits per heavy atom. The van der Waals surface area contributed by atoms with Crippen LogP contribution in [0, 0.1) is 0 Å². The minimum absolute atomic E-state index is 0.0339. The highest BCUT2D eigenvalue weighted by Gasteiger charge is 2.52. The molecule has 1 aliphatic heterocycles. The van der Waals surface area contributed by atoms with E-state index in [-0.39, 0.29) is 30.3 Å². The van der Waals surface area contributed by atoms with Crippen molar-refractivity contribution < 1.29 is 35.9 Å². The molecule has 0 atom stereocenters. The highest BCUT2D eigenvalue weighted by atomic mass is 32.2. The third-order valence-electron chi connectivity index (χ3n) is 4.90. The van der Waals surface area contributed by atoms with Crippen LogP contribution in [-0.4, -0.2) is 50.2 Å². The lowest BCUT2D eigenvalue weighted by molar-refractivity contribution is -0.274. The Morgan fingerprint density at radius 3 is 2.55 bits per heavy atom. The summed E-state index contributed by atoms with van der Waals surface area (Å²) in [6.45, 7) is -0.0666. The lowest BCUT2D eigenvalue weighted by Crippen LogP contribution is -2.44. The average molecular weight is 435 g/mol. The molecule has 160 valence electrons. The molecular weight excluding hydrogens is 415 g/mol. The van der Waals surface area contributed by atoms with Crippen molar-refractivity contribution in [2.75, 3.05) is 13.1 Å². The lowest BCUT2D eigenvalue weighted by Gasteiger charge is -2.20. The maximum atomic E-state index is 12.5. The van der Waals surface area contributed by atoms with Gasteiger partial charge in [-0.1, -0.05) is 18.9 Å². The number of carbonyl (C=O) groups is 2. The van der Waals surface area contributed by atoms with Gasteiger partial charge in [-0.05, 0) is 31.4 Å². The number of halogens is 3. The van der Waals surface area contributed by atoms with E-state index in [1.54, 1.807) is 0 Å². The Kier molecular flexibility index (Phi) is 5.77. The van der Waals surface area contributed by atoms with E-state index in [1.807, 2.05) is 0 Å². The van der Waals surface area contributed by atoms with Crippen LogP contribution in [0.2, 0.25) is 0 Å². The number of hydrogen-bond acceptors (Lipinski definition) is 5. The predicted molar refractivity (Wildman–Crippen MR) is 94.4 cm³/mol. The molecule has 12 heteroatoms. The van der Waals surface area contributed by atoms with E-state index in [0.717, 1.165) is 42.0 Å². The maximum Gasteiger partial charge on any atom is 0.573 e. The number of hydrogen-bond donors (Lipinski definition) is 2. The molecule has 29 heavy (non-hydrogen) atoms. The van der Waals surface area contributed by atoms with Crippen LogP contribution >= 0.6 is 0 Å². The number of benzene rings is 1. The molecule has 0 radical (unpaired) electrons. The molecule has 0 aromatic heterocycles. The fourth-order valence-corrected chi connectivity index (χ4v) is 4.67. The molecule has 3 amide bonds. The smallest absolute Gasteiger partial charge is 0.406 e. The molecule has 1 aromatic carbocycles. The normalized spacial score (nSPS) is 19.1. The average Bonchev–Trinajstić information content (AvgIpc) is 3.17. The molecule has 1 saturated carbocycles. The SMILES string of the molecule is O=C1NC2(CCCC2)C(=O)N1CCCNS(=O)(=O)c1cccc(OC(F)(F)F)c1. The summed E-state index contributed by atoms with van der Waals surface area (Å²) in [5, 5.41) is 2.73. The van der Waals surface area contributed by atoms with Gasteiger partial charge >= 0.3 is 12.4 Å². The van der Waals surface area contributed by atoms with E-state index in [1.165, 1.54) is 0 Å². The zero-order valence-corrected chi connectivity index (χ0v) is 16.1. The first-order chi connectivity index (χ1) is 13.5. The van der Waals surface area contributed by atoms with E-state index in [2.05, 4.69) is 14.8 Å². The molecule has 1 aromatic rings. The van der Waals surface area contributed by atoms with Crippen molar-refractivity contribution in [3.63, 3.8) is 0 Å². The third-order valence-corrected chi connectivity index (χ3v) is 6.36. The summed E-state index contributed by atoms with van der Waals surface area (Å²) < 4.78 is 67.4. The fraction of sp³-hybridized carbons (Fsp3) is 0.529. The molecule has 1 aliphatic carbocycles.